The molecule has 5 aromatic rings. The molecule has 0 saturated heterocycles. The molecule has 0 atom stereocenters. The summed E-state index contributed by atoms with van der Waals surface area (Å²) >= 11 is 0. The molecule has 1 N–H and O–H groups in total. The molecule has 0 fully saturated rings. The van der Waals surface area contributed by atoms with Crippen LogP contribution in [0.4, 0.5) is 0 Å². The van der Waals surface area contributed by atoms with Gasteiger partial charge in [-0.2, -0.15) is 9.97 Å². The second-order valence-corrected chi connectivity index (χ2v) is 10.1. The molecule has 0 aliphatic rings. The maximum Gasteiger partial charge on any atom is 0.320 e. The van der Waals surface area contributed by atoms with E-state index in [-0.39, 0.29) is 11.8 Å². The summed E-state index contributed by atoms with van der Waals surface area (Å²) in [6, 6.07) is 21.2. The van der Waals surface area contributed by atoms with Crippen molar-refractivity contribution in [3.63, 3.8) is 0 Å². The van der Waals surface area contributed by atoms with Crippen molar-refractivity contribution in [3.05, 3.63) is 66.7 Å². The summed E-state index contributed by atoms with van der Waals surface area (Å²) in [5.74, 6) is 0.974. The smallest absolute Gasteiger partial charge is 0.320 e. The first kappa shape index (κ1) is 26.7. The molecule has 0 radical (unpaired) electrons. The van der Waals surface area contributed by atoms with E-state index in [1.165, 1.54) is 51.4 Å². The van der Waals surface area contributed by atoms with Gasteiger partial charge < -0.3 is 14.3 Å². The van der Waals surface area contributed by atoms with E-state index in [4.69, 9.17) is 19.1 Å². The lowest BCUT2D eigenvalue weighted by Gasteiger charge is -2.10. The average Bonchev–Trinajstić information content (AvgIpc) is 3.35. The van der Waals surface area contributed by atoms with E-state index in [1.54, 1.807) is 18.2 Å². The molecule has 0 aliphatic carbocycles. The minimum absolute atomic E-state index is 0.113. The van der Waals surface area contributed by atoms with Gasteiger partial charge in [-0.3, -0.25) is 0 Å². The number of nitrogens with zero attached hydrogens (tertiary/aromatic N) is 3. The summed E-state index contributed by atoms with van der Waals surface area (Å²) in [5.41, 5.74) is 2.95. The Kier molecular flexibility index (Phi) is 9.05. The van der Waals surface area contributed by atoms with E-state index < -0.39 is 0 Å². The third kappa shape index (κ3) is 6.56. The van der Waals surface area contributed by atoms with Crippen LogP contribution in [-0.2, 0) is 0 Å². The molecule has 3 aromatic carbocycles. The third-order valence-corrected chi connectivity index (χ3v) is 7.13. The Labute approximate surface area is 230 Å². The number of para-hydroxylation sites is 2. The Morgan fingerprint density at radius 3 is 2.03 bits per heavy atom. The molecule has 0 aliphatic heterocycles. The highest BCUT2D eigenvalue weighted by atomic mass is 16.5. The highest BCUT2D eigenvalue weighted by molar-refractivity contribution is 6.11. The lowest BCUT2D eigenvalue weighted by atomic mass is 10.1. The maximum atomic E-state index is 10.5. The van der Waals surface area contributed by atoms with Gasteiger partial charge in [0.1, 0.15) is 16.9 Å². The van der Waals surface area contributed by atoms with Crippen LogP contribution in [0.1, 0.15) is 71.1 Å². The van der Waals surface area contributed by atoms with Crippen molar-refractivity contribution in [2.24, 2.45) is 0 Å². The van der Waals surface area contributed by atoms with E-state index in [0.717, 1.165) is 40.3 Å². The Hall–Kier alpha value is -3.93. The number of unbranched alkanes of at least 4 members (excludes halogenated alkanes) is 9. The molecule has 6 heteroatoms. The quantitative estimate of drug-likeness (QED) is 0.146. The summed E-state index contributed by atoms with van der Waals surface area (Å²) in [6.07, 6.45) is 12.6. The number of hydrogen-bond donors (Lipinski definition) is 1. The molecule has 0 spiro atoms. The number of aromatic hydroxyl groups is 1. The van der Waals surface area contributed by atoms with Gasteiger partial charge in [-0.25, -0.2) is 4.98 Å². The molecular weight excluding hydrogens is 486 g/mol. The number of fused-ring (bicyclic) bond motifs is 3. The molecule has 2 aromatic heterocycles. The molecule has 0 amide bonds. The van der Waals surface area contributed by atoms with Gasteiger partial charge in [0.25, 0.3) is 0 Å². The van der Waals surface area contributed by atoms with Crippen molar-refractivity contribution in [1.29, 1.82) is 0 Å². The van der Waals surface area contributed by atoms with Crippen LogP contribution in [0.15, 0.2) is 71.1 Å². The first-order valence-electron chi connectivity index (χ1n) is 14.3. The van der Waals surface area contributed by atoms with E-state index in [1.807, 2.05) is 48.5 Å². The van der Waals surface area contributed by atoms with Crippen molar-refractivity contribution in [3.8, 4) is 34.5 Å². The first-order chi connectivity index (χ1) is 19.2. The minimum atomic E-state index is 0.113. The first-order valence-corrected chi connectivity index (χ1v) is 14.3. The second-order valence-electron chi connectivity index (χ2n) is 10.1. The standard InChI is InChI=1S/C33H37N3O3/c1-2-3-4-5-6-7-8-9-10-15-23-38-33-35-31(24-17-11-13-20-27(24)37)34-32(36-33)26-19-16-22-29-30(26)25-18-12-14-21-28(25)39-29/h11-14,16-22,37H,2-10,15,23H2,1H3. The van der Waals surface area contributed by atoms with Crippen LogP contribution < -0.4 is 4.74 Å². The Balaban J connectivity index is 1.33. The summed E-state index contributed by atoms with van der Waals surface area (Å²) in [5, 5.41) is 12.5. The number of furan rings is 1. The summed E-state index contributed by atoms with van der Waals surface area (Å²) < 4.78 is 12.1. The number of rotatable bonds is 14. The summed E-state index contributed by atoms with van der Waals surface area (Å²) in [4.78, 5) is 14.1. The van der Waals surface area contributed by atoms with Crippen LogP contribution in [0.5, 0.6) is 11.8 Å². The van der Waals surface area contributed by atoms with Crippen LogP contribution in [0.25, 0.3) is 44.7 Å². The lowest BCUT2D eigenvalue weighted by molar-refractivity contribution is 0.281. The minimum Gasteiger partial charge on any atom is -0.507 e. The largest absolute Gasteiger partial charge is 0.507 e. The fourth-order valence-electron chi connectivity index (χ4n) is 5.04. The fourth-order valence-corrected chi connectivity index (χ4v) is 5.04. The highest BCUT2D eigenvalue weighted by Crippen LogP contribution is 2.36. The normalized spacial score (nSPS) is 11.4. The van der Waals surface area contributed by atoms with E-state index in [2.05, 4.69) is 11.9 Å². The van der Waals surface area contributed by atoms with Crippen molar-refractivity contribution in [2.75, 3.05) is 6.61 Å². The third-order valence-electron chi connectivity index (χ3n) is 7.13. The van der Waals surface area contributed by atoms with E-state index >= 15 is 0 Å². The topological polar surface area (TPSA) is 81.3 Å². The zero-order valence-electron chi connectivity index (χ0n) is 22.7. The zero-order valence-corrected chi connectivity index (χ0v) is 22.7. The maximum absolute atomic E-state index is 10.5. The molecule has 202 valence electrons. The molecule has 2 heterocycles. The van der Waals surface area contributed by atoms with Crippen molar-refractivity contribution >= 4 is 21.9 Å². The van der Waals surface area contributed by atoms with Crippen molar-refractivity contribution < 1.29 is 14.3 Å². The molecule has 0 saturated carbocycles. The molecule has 0 unspecified atom stereocenters. The molecule has 6 nitrogen and oxygen atoms in total. The number of hydrogen-bond acceptors (Lipinski definition) is 6. The van der Waals surface area contributed by atoms with Gasteiger partial charge >= 0.3 is 6.01 Å². The number of phenols is 1. The molecule has 39 heavy (non-hydrogen) atoms. The zero-order chi connectivity index (χ0) is 26.9. The van der Waals surface area contributed by atoms with Gasteiger partial charge in [0.2, 0.25) is 0 Å². The lowest BCUT2D eigenvalue weighted by Crippen LogP contribution is -2.05. The van der Waals surface area contributed by atoms with Crippen molar-refractivity contribution in [1.82, 2.24) is 15.0 Å². The molecule has 0 bridgehead atoms. The number of benzene rings is 3. The van der Waals surface area contributed by atoms with Gasteiger partial charge in [-0.1, -0.05) is 107 Å². The van der Waals surface area contributed by atoms with Gasteiger partial charge in [0.15, 0.2) is 11.6 Å². The predicted molar refractivity (Wildman–Crippen MR) is 157 cm³/mol. The number of phenolic OH excluding ortho intramolecular Hbond substituents is 1. The number of ether oxygens (including phenoxy) is 1. The van der Waals surface area contributed by atoms with Gasteiger partial charge in [0, 0.05) is 16.3 Å². The van der Waals surface area contributed by atoms with Gasteiger partial charge in [-0.05, 0) is 30.7 Å². The van der Waals surface area contributed by atoms with Crippen LogP contribution in [-0.4, -0.2) is 26.7 Å². The summed E-state index contributed by atoms with van der Waals surface area (Å²) in [7, 11) is 0. The molecular formula is C33H37N3O3. The Morgan fingerprint density at radius 1 is 0.641 bits per heavy atom. The Morgan fingerprint density at radius 2 is 1.26 bits per heavy atom. The Bertz CT molecular complexity index is 1510. The average molecular weight is 524 g/mol. The predicted octanol–water partition coefficient (Wildman–Crippen LogP) is 9.11. The monoisotopic (exact) mass is 523 g/mol. The number of aromatic nitrogens is 3. The van der Waals surface area contributed by atoms with Gasteiger partial charge in [-0.15, -0.1) is 0 Å². The molecule has 5 rings (SSSR count). The summed E-state index contributed by atoms with van der Waals surface area (Å²) in [6.45, 7) is 2.80. The van der Waals surface area contributed by atoms with Crippen molar-refractivity contribution in [2.45, 2.75) is 71.1 Å². The van der Waals surface area contributed by atoms with E-state index in [0.29, 0.717) is 23.8 Å². The highest BCUT2D eigenvalue weighted by Gasteiger charge is 2.18. The van der Waals surface area contributed by atoms with Crippen LogP contribution in [0.3, 0.4) is 0 Å². The second kappa shape index (κ2) is 13.2. The fraction of sp³-hybridized carbons (Fsp3) is 0.364. The SMILES string of the molecule is CCCCCCCCCCCCOc1nc(-c2ccccc2O)nc(-c2cccc3oc4ccccc4c23)n1. The van der Waals surface area contributed by atoms with Crippen LogP contribution >= 0.6 is 0 Å². The van der Waals surface area contributed by atoms with Crippen LogP contribution in [0.2, 0.25) is 0 Å². The van der Waals surface area contributed by atoms with Crippen LogP contribution in [0, 0.1) is 0 Å². The van der Waals surface area contributed by atoms with E-state index in [9.17, 15) is 5.11 Å². The van der Waals surface area contributed by atoms with Gasteiger partial charge in [0.05, 0.1) is 12.2 Å².